The molecule has 0 heterocycles. The maximum Gasteiger partial charge on any atom is 0.224 e. The number of halogens is 1. The highest BCUT2D eigenvalue weighted by Gasteiger charge is 2.24. The van der Waals surface area contributed by atoms with E-state index in [2.05, 4.69) is 24.5 Å². The fourth-order valence-corrected chi connectivity index (χ4v) is 3.42. The van der Waals surface area contributed by atoms with Crippen LogP contribution >= 0.6 is 11.6 Å². The average Bonchev–Trinajstić information content (AvgIpc) is 2.41. The third-order valence-corrected chi connectivity index (χ3v) is 4.44. The van der Waals surface area contributed by atoms with E-state index in [4.69, 9.17) is 11.6 Å². The third-order valence-electron chi connectivity index (χ3n) is 4.11. The van der Waals surface area contributed by atoms with Crippen molar-refractivity contribution in [1.29, 1.82) is 0 Å². The Balaban J connectivity index is 2.08. The summed E-state index contributed by atoms with van der Waals surface area (Å²) in [5.74, 6) is 1.50. The molecule has 2 atom stereocenters. The molecule has 0 bridgehead atoms. The number of anilines is 2. The number of benzene rings is 1. The molecule has 0 radical (unpaired) electrons. The van der Waals surface area contributed by atoms with Gasteiger partial charge in [0.25, 0.3) is 0 Å². The predicted octanol–water partition coefficient (Wildman–Crippen LogP) is 4.93. The van der Waals surface area contributed by atoms with Gasteiger partial charge in [-0.3, -0.25) is 4.79 Å². The maximum atomic E-state index is 11.5. The monoisotopic (exact) mass is 308 g/mol. The number of hydrogen-bond acceptors (Lipinski definition) is 2. The lowest BCUT2D eigenvalue weighted by Gasteiger charge is -2.33. The molecule has 0 spiro atoms. The van der Waals surface area contributed by atoms with Crippen LogP contribution in [0.3, 0.4) is 0 Å². The summed E-state index contributed by atoms with van der Waals surface area (Å²) >= 11 is 6.28. The van der Waals surface area contributed by atoms with Crippen LogP contribution in [-0.4, -0.2) is 11.9 Å². The number of amides is 1. The molecule has 116 valence electrons. The van der Waals surface area contributed by atoms with Crippen LogP contribution in [-0.2, 0) is 4.79 Å². The normalized spacial score (nSPS) is 25.4. The molecule has 4 heteroatoms. The largest absolute Gasteiger partial charge is 0.381 e. The molecular formula is C17H25ClN2O. The van der Waals surface area contributed by atoms with Crippen LogP contribution in [0.2, 0.25) is 5.02 Å². The molecule has 1 fully saturated rings. The Morgan fingerprint density at radius 1 is 1.24 bits per heavy atom. The number of carbonyl (C=O) groups excluding carboxylic acids is 1. The molecule has 1 aliphatic rings. The standard InChI is InChI=1S/C17H25ClN2O/c1-4-17(21)20-13-5-6-15(18)16(10-13)19-14-8-11(2)7-12(3)9-14/h5-6,10-12,14,19H,4,7-9H2,1-3H3,(H,20,21). The highest BCUT2D eigenvalue weighted by Crippen LogP contribution is 2.33. The van der Waals surface area contributed by atoms with E-state index in [1.807, 2.05) is 25.1 Å². The van der Waals surface area contributed by atoms with Crippen molar-refractivity contribution in [2.24, 2.45) is 11.8 Å². The zero-order valence-corrected chi connectivity index (χ0v) is 13.8. The number of nitrogens with one attached hydrogen (secondary N) is 2. The van der Waals surface area contributed by atoms with Crippen molar-refractivity contribution < 1.29 is 4.79 Å². The number of carbonyl (C=O) groups is 1. The van der Waals surface area contributed by atoms with Gasteiger partial charge in [0.2, 0.25) is 5.91 Å². The second-order valence-electron chi connectivity index (χ2n) is 6.36. The average molecular weight is 309 g/mol. The van der Waals surface area contributed by atoms with Gasteiger partial charge < -0.3 is 10.6 Å². The first kappa shape index (κ1) is 16.2. The molecule has 2 N–H and O–H groups in total. The van der Waals surface area contributed by atoms with Crippen LogP contribution in [0, 0.1) is 11.8 Å². The van der Waals surface area contributed by atoms with Crippen molar-refractivity contribution in [2.45, 2.75) is 52.5 Å². The van der Waals surface area contributed by atoms with E-state index >= 15 is 0 Å². The van der Waals surface area contributed by atoms with Crippen LogP contribution in [0.4, 0.5) is 11.4 Å². The van der Waals surface area contributed by atoms with E-state index in [0.29, 0.717) is 17.5 Å². The Labute approximate surface area is 132 Å². The van der Waals surface area contributed by atoms with Gasteiger partial charge in [-0.05, 0) is 49.3 Å². The molecule has 21 heavy (non-hydrogen) atoms. The first-order valence-electron chi connectivity index (χ1n) is 7.83. The van der Waals surface area contributed by atoms with E-state index in [1.165, 1.54) is 19.3 Å². The van der Waals surface area contributed by atoms with Crippen molar-refractivity contribution >= 4 is 28.9 Å². The smallest absolute Gasteiger partial charge is 0.224 e. The Morgan fingerprint density at radius 3 is 2.52 bits per heavy atom. The molecule has 1 aromatic rings. The summed E-state index contributed by atoms with van der Waals surface area (Å²) in [5.41, 5.74) is 1.71. The Kier molecular flexibility index (Phi) is 5.51. The highest BCUT2D eigenvalue weighted by molar-refractivity contribution is 6.33. The van der Waals surface area contributed by atoms with Gasteiger partial charge in [0.1, 0.15) is 0 Å². The van der Waals surface area contributed by atoms with E-state index in [1.54, 1.807) is 0 Å². The van der Waals surface area contributed by atoms with Crippen molar-refractivity contribution in [3.8, 4) is 0 Å². The first-order chi connectivity index (χ1) is 9.97. The van der Waals surface area contributed by atoms with Gasteiger partial charge in [-0.15, -0.1) is 0 Å². The van der Waals surface area contributed by atoms with Crippen LogP contribution in [0.1, 0.15) is 46.5 Å². The van der Waals surface area contributed by atoms with E-state index in [0.717, 1.165) is 23.2 Å². The molecule has 0 aliphatic heterocycles. The lowest BCUT2D eigenvalue weighted by Crippen LogP contribution is -2.30. The molecule has 2 unspecified atom stereocenters. The van der Waals surface area contributed by atoms with Crippen LogP contribution < -0.4 is 10.6 Å². The Morgan fingerprint density at radius 2 is 1.90 bits per heavy atom. The minimum absolute atomic E-state index is 0.0168. The highest BCUT2D eigenvalue weighted by atomic mass is 35.5. The van der Waals surface area contributed by atoms with Crippen molar-refractivity contribution in [1.82, 2.24) is 0 Å². The zero-order valence-electron chi connectivity index (χ0n) is 13.1. The quantitative estimate of drug-likeness (QED) is 0.828. The van der Waals surface area contributed by atoms with Crippen LogP contribution in [0.5, 0.6) is 0 Å². The summed E-state index contributed by atoms with van der Waals surface area (Å²) in [6.07, 6.45) is 4.12. The predicted molar refractivity (Wildman–Crippen MR) is 90.0 cm³/mol. The summed E-state index contributed by atoms with van der Waals surface area (Å²) in [4.78, 5) is 11.5. The summed E-state index contributed by atoms with van der Waals surface area (Å²) in [6.45, 7) is 6.46. The van der Waals surface area contributed by atoms with Gasteiger partial charge in [0, 0.05) is 18.2 Å². The minimum atomic E-state index is 0.0168. The molecule has 1 aliphatic carbocycles. The second kappa shape index (κ2) is 7.17. The molecule has 1 saturated carbocycles. The second-order valence-corrected chi connectivity index (χ2v) is 6.76. The van der Waals surface area contributed by atoms with Gasteiger partial charge in [0.05, 0.1) is 10.7 Å². The van der Waals surface area contributed by atoms with Gasteiger partial charge in [0.15, 0.2) is 0 Å². The summed E-state index contributed by atoms with van der Waals surface area (Å²) in [7, 11) is 0. The minimum Gasteiger partial charge on any atom is -0.381 e. The summed E-state index contributed by atoms with van der Waals surface area (Å²) in [5, 5.41) is 7.14. The Hall–Kier alpha value is -1.22. The van der Waals surface area contributed by atoms with Gasteiger partial charge in [-0.1, -0.05) is 32.4 Å². The lowest BCUT2D eigenvalue weighted by molar-refractivity contribution is -0.115. The van der Waals surface area contributed by atoms with Gasteiger partial charge in [-0.25, -0.2) is 0 Å². The number of rotatable bonds is 4. The molecular weight excluding hydrogens is 284 g/mol. The van der Waals surface area contributed by atoms with Crippen molar-refractivity contribution in [3.05, 3.63) is 23.2 Å². The van der Waals surface area contributed by atoms with E-state index in [-0.39, 0.29) is 5.91 Å². The maximum absolute atomic E-state index is 11.5. The number of hydrogen-bond donors (Lipinski definition) is 2. The molecule has 0 saturated heterocycles. The van der Waals surface area contributed by atoms with E-state index < -0.39 is 0 Å². The van der Waals surface area contributed by atoms with Gasteiger partial charge in [-0.2, -0.15) is 0 Å². The Bertz CT molecular complexity index is 494. The van der Waals surface area contributed by atoms with Crippen molar-refractivity contribution in [2.75, 3.05) is 10.6 Å². The summed E-state index contributed by atoms with van der Waals surface area (Å²) < 4.78 is 0. The lowest BCUT2D eigenvalue weighted by atomic mass is 9.80. The van der Waals surface area contributed by atoms with Crippen LogP contribution in [0.15, 0.2) is 18.2 Å². The molecule has 0 aromatic heterocycles. The molecule has 3 nitrogen and oxygen atoms in total. The van der Waals surface area contributed by atoms with Crippen molar-refractivity contribution in [3.63, 3.8) is 0 Å². The van der Waals surface area contributed by atoms with Gasteiger partial charge >= 0.3 is 0 Å². The topological polar surface area (TPSA) is 41.1 Å². The fraction of sp³-hybridized carbons (Fsp3) is 0.588. The molecule has 2 rings (SSSR count). The fourth-order valence-electron chi connectivity index (χ4n) is 3.25. The summed E-state index contributed by atoms with van der Waals surface area (Å²) in [6, 6.07) is 6.07. The zero-order chi connectivity index (χ0) is 15.4. The first-order valence-corrected chi connectivity index (χ1v) is 8.21. The van der Waals surface area contributed by atoms with Crippen LogP contribution in [0.25, 0.3) is 0 Å². The SMILES string of the molecule is CCC(=O)Nc1ccc(Cl)c(NC2CC(C)CC(C)C2)c1. The third kappa shape index (κ3) is 4.63. The van der Waals surface area contributed by atoms with E-state index in [9.17, 15) is 4.79 Å². The molecule has 1 amide bonds. The molecule has 1 aromatic carbocycles.